The number of benzene rings is 1. The predicted molar refractivity (Wildman–Crippen MR) is 81.6 cm³/mol. The van der Waals surface area contributed by atoms with E-state index in [1.54, 1.807) is 6.07 Å². The maximum Gasteiger partial charge on any atom is 0.240 e. The van der Waals surface area contributed by atoms with Gasteiger partial charge in [0.05, 0.1) is 10.8 Å². The minimum Gasteiger partial charge on any atom is -0.326 e. The first-order chi connectivity index (χ1) is 9.94. The first kappa shape index (κ1) is 15.9. The zero-order valence-electron chi connectivity index (χ0n) is 12.3. The van der Waals surface area contributed by atoms with E-state index in [4.69, 9.17) is 0 Å². The van der Waals surface area contributed by atoms with Crippen LogP contribution < -0.4 is 15.4 Å². The number of carbonyl (C=O) groups is 1. The van der Waals surface area contributed by atoms with E-state index in [0.29, 0.717) is 12.2 Å². The lowest BCUT2D eigenvalue weighted by atomic mass is 9.98. The van der Waals surface area contributed by atoms with Gasteiger partial charge < -0.3 is 10.6 Å². The summed E-state index contributed by atoms with van der Waals surface area (Å²) >= 11 is 0. The van der Waals surface area contributed by atoms with Gasteiger partial charge in [-0.1, -0.05) is 6.07 Å². The van der Waals surface area contributed by atoms with Crippen LogP contribution in [0.25, 0.3) is 0 Å². The van der Waals surface area contributed by atoms with Gasteiger partial charge in [-0.15, -0.1) is 0 Å². The quantitative estimate of drug-likeness (QED) is 0.769. The molecule has 3 N–H and O–H groups in total. The molecule has 116 valence electrons. The molecule has 0 aliphatic carbocycles. The molecule has 0 spiro atoms. The Kier molecular flexibility index (Phi) is 4.97. The summed E-state index contributed by atoms with van der Waals surface area (Å²) in [6.45, 7) is 3.45. The van der Waals surface area contributed by atoms with E-state index in [-0.39, 0.29) is 16.7 Å². The predicted octanol–water partition coefficient (Wildman–Crippen LogP) is 0.841. The Morgan fingerprint density at radius 1 is 1.38 bits per heavy atom. The Labute approximate surface area is 125 Å². The average molecular weight is 311 g/mol. The second-order valence-electron chi connectivity index (χ2n) is 5.22. The van der Waals surface area contributed by atoms with Crippen molar-refractivity contribution < 1.29 is 13.2 Å². The standard InChI is InChI=1S/C14H21N3O3S/c1-10-5-6-12(21(19,20)15-2)8-13(10)17-14(18)11-4-3-7-16-9-11/h5-6,8,11,15-16H,3-4,7,9H2,1-2H3,(H,17,18)/t11-/m0/s1. The minimum atomic E-state index is -3.51. The summed E-state index contributed by atoms with van der Waals surface area (Å²) in [5.41, 5.74) is 1.38. The van der Waals surface area contributed by atoms with Crippen molar-refractivity contribution in [3.05, 3.63) is 23.8 Å². The molecule has 0 saturated carbocycles. The molecule has 2 rings (SSSR count). The number of hydrogen-bond acceptors (Lipinski definition) is 4. The maximum absolute atomic E-state index is 12.2. The van der Waals surface area contributed by atoms with Crippen LogP contribution in [0.5, 0.6) is 0 Å². The normalized spacial score (nSPS) is 19.2. The lowest BCUT2D eigenvalue weighted by Crippen LogP contribution is -2.37. The van der Waals surface area contributed by atoms with Crippen LogP contribution in [0.3, 0.4) is 0 Å². The summed E-state index contributed by atoms with van der Waals surface area (Å²) in [6.07, 6.45) is 1.83. The summed E-state index contributed by atoms with van der Waals surface area (Å²) in [5.74, 6) is -0.132. The van der Waals surface area contributed by atoms with E-state index in [1.807, 2.05) is 6.92 Å². The van der Waals surface area contributed by atoms with E-state index in [2.05, 4.69) is 15.4 Å². The molecular formula is C14H21N3O3S. The molecule has 1 heterocycles. The first-order valence-electron chi connectivity index (χ1n) is 7.00. The zero-order valence-corrected chi connectivity index (χ0v) is 13.1. The van der Waals surface area contributed by atoms with Gasteiger partial charge in [-0.05, 0) is 51.1 Å². The molecule has 7 heteroatoms. The number of rotatable bonds is 4. The van der Waals surface area contributed by atoms with E-state index >= 15 is 0 Å². The second kappa shape index (κ2) is 6.55. The number of aryl methyl sites for hydroxylation is 1. The maximum atomic E-state index is 12.2. The van der Waals surface area contributed by atoms with Gasteiger partial charge in [0.25, 0.3) is 0 Å². The first-order valence-corrected chi connectivity index (χ1v) is 8.48. The monoisotopic (exact) mass is 311 g/mol. The van der Waals surface area contributed by atoms with Crippen molar-refractivity contribution in [2.45, 2.75) is 24.7 Å². The van der Waals surface area contributed by atoms with Gasteiger partial charge in [-0.3, -0.25) is 4.79 Å². The number of anilines is 1. The van der Waals surface area contributed by atoms with Crippen LogP contribution in [0, 0.1) is 12.8 Å². The molecule has 1 amide bonds. The molecule has 1 atom stereocenters. The van der Waals surface area contributed by atoms with Crippen molar-refractivity contribution in [2.24, 2.45) is 5.92 Å². The van der Waals surface area contributed by atoms with Crippen LogP contribution in [-0.2, 0) is 14.8 Å². The summed E-state index contributed by atoms with van der Waals surface area (Å²) in [7, 11) is -2.15. The summed E-state index contributed by atoms with van der Waals surface area (Å²) < 4.78 is 25.9. The number of hydrogen-bond donors (Lipinski definition) is 3. The lowest BCUT2D eigenvalue weighted by molar-refractivity contribution is -0.120. The molecular weight excluding hydrogens is 290 g/mol. The molecule has 0 unspecified atom stereocenters. The van der Waals surface area contributed by atoms with Crippen molar-refractivity contribution in [3.63, 3.8) is 0 Å². The van der Waals surface area contributed by atoms with Crippen molar-refractivity contribution >= 4 is 21.6 Å². The number of carbonyl (C=O) groups excluding carboxylic acids is 1. The Hall–Kier alpha value is -1.44. The molecule has 0 radical (unpaired) electrons. The Bertz CT molecular complexity index is 622. The van der Waals surface area contributed by atoms with Gasteiger partial charge >= 0.3 is 0 Å². The highest BCUT2D eigenvalue weighted by Gasteiger charge is 2.22. The van der Waals surface area contributed by atoms with E-state index < -0.39 is 10.0 Å². The summed E-state index contributed by atoms with van der Waals surface area (Å²) in [5, 5.41) is 6.04. The van der Waals surface area contributed by atoms with Crippen LogP contribution in [0.1, 0.15) is 18.4 Å². The Balaban J connectivity index is 2.19. The lowest BCUT2D eigenvalue weighted by Gasteiger charge is -2.22. The summed E-state index contributed by atoms with van der Waals surface area (Å²) in [4.78, 5) is 12.4. The van der Waals surface area contributed by atoms with Gasteiger partial charge in [-0.2, -0.15) is 0 Å². The van der Waals surface area contributed by atoms with E-state index in [1.165, 1.54) is 19.2 Å². The van der Waals surface area contributed by atoms with Gasteiger partial charge in [-0.25, -0.2) is 13.1 Å². The van der Waals surface area contributed by atoms with Gasteiger partial charge in [0.15, 0.2) is 0 Å². The van der Waals surface area contributed by atoms with Crippen LogP contribution in [0.15, 0.2) is 23.1 Å². The van der Waals surface area contributed by atoms with Crippen LogP contribution in [0.2, 0.25) is 0 Å². The van der Waals surface area contributed by atoms with Crippen molar-refractivity contribution in [3.8, 4) is 0 Å². The molecule has 6 nitrogen and oxygen atoms in total. The van der Waals surface area contributed by atoms with Crippen LogP contribution in [0.4, 0.5) is 5.69 Å². The Morgan fingerprint density at radius 3 is 2.76 bits per heavy atom. The number of piperidine rings is 1. The highest BCUT2D eigenvalue weighted by molar-refractivity contribution is 7.89. The topological polar surface area (TPSA) is 87.3 Å². The van der Waals surface area contributed by atoms with Gasteiger partial charge in [0.2, 0.25) is 15.9 Å². The molecule has 21 heavy (non-hydrogen) atoms. The highest BCUT2D eigenvalue weighted by atomic mass is 32.2. The molecule has 1 aromatic carbocycles. The van der Waals surface area contributed by atoms with Crippen LogP contribution >= 0.6 is 0 Å². The largest absolute Gasteiger partial charge is 0.326 e. The fourth-order valence-corrected chi connectivity index (χ4v) is 3.09. The zero-order chi connectivity index (χ0) is 15.5. The smallest absolute Gasteiger partial charge is 0.240 e. The third kappa shape index (κ3) is 3.81. The molecule has 1 aliphatic rings. The molecule has 1 saturated heterocycles. The molecule has 0 aromatic heterocycles. The average Bonchev–Trinajstić information content (AvgIpc) is 2.50. The third-order valence-corrected chi connectivity index (χ3v) is 5.13. The van der Waals surface area contributed by atoms with Crippen LogP contribution in [-0.4, -0.2) is 34.5 Å². The van der Waals surface area contributed by atoms with Crippen molar-refractivity contribution in [1.82, 2.24) is 10.0 Å². The molecule has 1 fully saturated rings. The molecule has 1 aliphatic heterocycles. The highest BCUT2D eigenvalue weighted by Crippen LogP contribution is 2.21. The molecule has 1 aromatic rings. The number of sulfonamides is 1. The third-order valence-electron chi connectivity index (χ3n) is 3.71. The summed E-state index contributed by atoms with van der Waals surface area (Å²) in [6, 6.07) is 4.72. The van der Waals surface area contributed by atoms with E-state index in [9.17, 15) is 13.2 Å². The van der Waals surface area contributed by atoms with Gasteiger partial charge in [0.1, 0.15) is 0 Å². The van der Waals surface area contributed by atoms with Crippen molar-refractivity contribution in [1.29, 1.82) is 0 Å². The number of nitrogens with one attached hydrogen (secondary N) is 3. The minimum absolute atomic E-state index is 0.0655. The van der Waals surface area contributed by atoms with Crippen molar-refractivity contribution in [2.75, 3.05) is 25.5 Å². The molecule has 0 bridgehead atoms. The SMILES string of the molecule is CNS(=O)(=O)c1ccc(C)c(NC(=O)[C@H]2CCCNC2)c1. The second-order valence-corrected chi connectivity index (χ2v) is 7.10. The Morgan fingerprint density at radius 2 is 2.14 bits per heavy atom. The fourth-order valence-electron chi connectivity index (χ4n) is 2.33. The van der Waals surface area contributed by atoms with E-state index in [0.717, 1.165) is 24.9 Å². The number of amides is 1. The van der Waals surface area contributed by atoms with Gasteiger partial charge in [0, 0.05) is 12.2 Å². The fraction of sp³-hybridized carbons (Fsp3) is 0.500.